The molecule has 1 unspecified atom stereocenters. The zero-order valence-corrected chi connectivity index (χ0v) is 12.6. The molecule has 4 heteroatoms. The third-order valence-corrected chi connectivity index (χ3v) is 3.98. The molecule has 1 atom stereocenters. The lowest BCUT2D eigenvalue weighted by molar-refractivity contribution is 0.623. The molecule has 0 saturated heterocycles. The van der Waals surface area contributed by atoms with Crippen LogP contribution in [0.1, 0.15) is 17.2 Å². The van der Waals surface area contributed by atoms with Crippen molar-refractivity contribution in [1.82, 2.24) is 0 Å². The van der Waals surface area contributed by atoms with Gasteiger partial charge in [-0.3, -0.25) is 0 Å². The van der Waals surface area contributed by atoms with Crippen LogP contribution < -0.4 is 5.73 Å². The first kappa shape index (κ1) is 13.0. The monoisotopic (exact) mass is 405 g/mol. The van der Waals surface area contributed by atoms with Crippen LogP contribution in [-0.2, 0) is 0 Å². The van der Waals surface area contributed by atoms with Crippen LogP contribution in [-0.4, -0.2) is 0 Å². The molecule has 88 valence electrons. The molecule has 0 aromatic heterocycles. The molecule has 0 amide bonds. The van der Waals surface area contributed by atoms with Crippen LogP contribution in [0, 0.1) is 9.39 Å². The zero-order chi connectivity index (χ0) is 12.4. The molecule has 0 radical (unpaired) electrons. The minimum absolute atomic E-state index is 0.261. The predicted octanol–water partition coefficient (Wildman–Crippen LogP) is 4.24. The Morgan fingerprint density at radius 3 is 2.65 bits per heavy atom. The normalized spacial score (nSPS) is 12.5. The van der Waals surface area contributed by atoms with Gasteiger partial charge in [0.1, 0.15) is 5.82 Å². The molecule has 0 aliphatic rings. The summed E-state index contributed by atoms with van der Waals surface area (Å²) in [7, 11) is 0. The highest BCUT2D eigenvalue weighted by molar-refractivity contribution is 14.1. The molecule has 2 aromatic carbocycles. The van der Waals surface area contributed by atoms with E-state index in [2.05, 4.69) is 38.5 Å². The number of hydrogen-bond donors (Lipinski definition) is 1. The topological polar surface area (TPSA) is 26.0 Å². The van der Waals surface area contributed by atoms with Gasteiger partial charge in [-0.15, -0.1) is 0 Å². The molecule has 0 heterocycles. The summed E-state index contributed by atoms with van der Waals surface area (Å²) in [4.78, 5) is 0. The average Bonchev–Trinajstić information content (AvgIpc) is 2.31. The molecule has 17 heavy (non-hydrogen) atoms. The minimum atomic E-state index is -0.310. The maximum Gasteiger partial charge on any atom is 0.123 e. The molecule has 0 saturated carbocycles. The molecule has 0 aliphatic heterocycles. The summed E-state index contributed by atoms with van der Waals surface area (Å²) >= 11 is 5.65. The Bertz CT molecular complexity index is 545. The molecule has 2 rings (SSSR count). The summed E-state index contributed by atoms with van der Waals surface area (Å²) < 4.78 is 15.2. The second-order valence-electron chi connectivity index (χ2n) is 3.70. The number of halogens is 3. The van der Waals surface area contributed by atoms with Gasteiger partial charge >= 0.3 is 0 Å². The Morgan fingerprint density at radius 1 is 1.18 bits per heavy atom. The van der Waals surface area contributed by atoms with Crippen LogP contribution in [0.15, 0.2) is 46.9 Å². The van der Waals surface area contributed by atoms with Crippen LogP contribution >= 0.6 is 38.5 Å². The molecular weight excluding hydrogens is 396 g/mol. The Kier molecular flexibility index (Phi) is 4.17. The first-order chi connectivity index (χ1) is 8.08. The van der Waals surface area contributed by atoms with Crippen LogP contribution in [0.2, 0.25) is 0 Å². The fourth-order valence-corrected chi connectivity index (χ4v) is 2.68. The summed E-state index contributed by atoms with van der Waals surface area (Å²) in [5.74, 6) is -0.261. The van der Waals surface area contributed by atoms with Crippen molar-refractivity contribution in [1.29, 1.82) is 0 Å². The standard InChI is InChI=1S/C13H10BrFIN/c14-9-4-5-12(16)11(7-9)13(17)8-2-1-3-10(15)6-8/h1-7,13H,17H2. The molecule has 2 N–H and O–H groups in total. The largest absolute Gasteiger partial charge is 0.320 e. The second-order valence-corrected chi connectivity index (χ2v) is 5.78. The van der Waals surface area contributed by atoms with Crippen LogP contribution in [0.25, 0.3) is 0 Å². The molecule has 1 nitrogen and oxygen atoms in total. The highest BCUT2D eigenvalue weighted by Gasteiger charge is 2.13. The lowest BCUT2D eigenvalue weighted by Gasteiger charge is -2.15. The first-order valence-electron chi connectivity index (χ1n) is 5.04. The van der Waals surface area contributed by atoms with Crippen molar-refractivity contribution >= 4 is 38.5 Å². The second kappa shape index (κ2) is 5.46. The van der Waals surface area contributed by atoms with Gasteiger partial charge in [0, 0.05) is 8.04 Å². The van der Waals surface area contributed by atoms with E-state index >= 15 is 0 Å². The van der Waals surface area contributed by atoms with Gasteiger partial charge < -0.3 is 5.73 Å². The van der Waals surface area contributed by atoms with Gasteiger partial charge in [0.2, 0.25) is 0 Å². The number of rotatable bonds is 2. The molecule has 2 aromatic rings. The van der Waals surface area contributed by atoms with Gasteiger partial charge in [0.15, 0.2) is 0 Å². The van der Waals surface area contributed by atoms with Crippen molar-refractivity contribution in [2.75, 3.05) is 0 Å². The summed E-state index contributed by atoms with van der Waals surface area (Å²) in [5.41, 5.74) is 7.93. The van der Waals surface area contributed by atoms with E-state index in [1.165, 1.54) is 12.1 Å². The summed E-state index contributed by atoms with van der Waals surface area (Å²) in [6.45, 7) is 0. The fraction of sp³-hybridized carbons (Fsp3) is 0.0769. The van der Waals surface area contributed by atoms with Gasteiger partial charge in [-0.2, -0.15) is 0 Å². The van der Waals surface area contributed by atoms with E-state index in [4.69, 9.17) is 5.73 Å². The van der Waals surface area contributed by atoms with Crippen LogP contribution in [0.4, 0.5) is 4.39 Å². The first-order valence-corrected chi connectivity index (χ1v) is 6.91. The van der Waals surface area contributed by atoms with Gasteiger partial charge in [0.25, 0.3) is 0 Å². The molecule has 0 spiro atoms. The lowest BCUT2D eigenvalue weighted by atomic mass is 10.00. The van der Waals surface area contributed by atoms with Crippen molar-refractivity contribution in [2.24, 2.45) is 5.73 Å². The minimum Gasteiger partial charge on any atom is -0.320 e. The molecule has 0 aliphatic carbocycles. The molecule has 0 bridgehead atoms. The van der Waals surface area contributed by atoms with Gasteiger partial charge in [-0.1, -0.05) is 28.1 Å². The third-order valence-electron chi connectivity index (χ3n) is 2.50. The summed E-state index contributed by atoms with van der Waals surface area (Å²) in [6, 6.07) is 12.0. The van der Waals surface area contributed by atoms with Crippen molar-refractivity contribution in [3.63, 3.8) is 0 Å². The Balaban J connectivity index is 2.43. The zero-order valence-electron chi connectivity index (χ0n) is 8.83. The van der Waals surface area contributed by atoms with E-state index in [9.17, 15) is 4.39 Å². The third kappa shape index (κ3) is 3.05. The molecular formula is C13H10BrFIN. The van der Waals surface area contributed by atoms with E-state index in [0.29, 0.717) is 0 Å². The maximum absolute atomic E-state index is 13.2. The predicted molar refractivity (Wildman–Crippen MR) is 79.3 cm³/mol. The van der Waals surface area contributed by atoms with E-state index in [1.807, 2.05) is 24.3 Å². The highest BCUT2D eigenvalue weighted by Crippen LogP contribution is 2.27. The van der Waals surface area contributed by atoms with E-state index in [-0.39, 0.29) is 11.9 Å². The maximum atomic E-state index is 13.2. The average molecular weight is 406 g/mol. The van der Waals surface area contributed by atoms with E-state index in [1.54, 1.807) is 6.07 Å². The van der Waals surface area contributed by atoms with Crippen molar-refractivity contribution in [3.8, 4) is 0 Å². The lowest BCUT2D eigenvalue weighted by Crippen LogP contribution is -2.13. The van der Waals surface area contributed by atoms with Crippen LogP contribution in [0.5, 0.6) is 0 Å². The van der Waals surface area contributed by atoms with Crippen molar-refractivity contribution in [3.05, 3.63) is 67.5 Å². The SMILES string of the molecule is NC(c1cccc(F)c1)c1cc(Br)ccc1I. The fourth-order valence-electron chi connectivity index (χ4n) is 1.63. The highest BCUT2D eigenvalue weighted by atomic mass is 127. The van der Waals surface area contributed by atoms with Crippen LogP contribution in [0.3, 0.4) is 0 Å². The smallest absolute Gasteiger partial charge is 0.123 e. The summed E-state index contributed by atoms with van der Waals surface area (Å²) in [5, 5.41) is 0. The number of hydrogen-bond acceptors (Lipinski definition) is 1. The van der Waals surface area contributed by atoms with Crippen molar-refractivity contribution < 1.29 is 4.39 Å². The van der Waals surface area contributed by atoms with Crippen molar-refractivity contribution in [2.45, 2.75) is 6.04 Å². The van der Waals surface area contributed by atoms with Gasteiger partial charge in [-0.05, 0) is 64.0 Å². The Hall–Kier alpha value is -0.460. The Labute approximate surface area is 121 Å². The number of benzene rings is 2. The van der Waals surface area contributed by atoms with E-state index < -0.39 is 0 Å². The van der Waals surface area contributed by atoms with Gasteiger partial charge in [0.05, 0.1) is 6.04 Å². The van der Waals surface area contributed by atoms with E-state index in [0.717, 1.165) is 19.2 Å². The number of nitrogens with two attached hydrogens (primary N) is 1. The summed E-state index contributed by atoms with van der Waals surface area (Å²) in [6.07, 6.45) is 0. The van der Waals surface area contributed by atoms with Gasteiger partial charge in [-0.25, -0.2) is 4.39 Å². The Morgan fingerprint density at radius 2 is 1.94 bits per heavy atom. The quantitative estimate of drug-likeness (QED) is 0.743. The molecule has 0 fully saturated rings.